The summed E-state index contributed by atoms with van der Waals surface area (Å²) in [5, 5.41) is 10.4. The second-order valence-electron chi connectivity index (χ2n) is 4.75. The number of nitrogens with one attached hydrogen (secondary N) is 1. The summed E-state index contributed by atoms with van der Waals surface area (Å²) in [7, 11) is 0. The first-order valence-electron chi connectivity index (χ1n) is 6.13. The first kappa shape index (κ1) is 16.5. The molecule has 2 amide bonds. The Morgan fingerprint density at radius 2 is 1.85 bits per heavy atom. The van der Waals surface area contributed by atoms with Crippen LogP contribution in [0.3, 0.4) is 0 Å². The van der Waals surface area contributed by atoms with Crippen molar-refractivity contribution in [3.63, 3.8) is 0 Å². The Hall–Kier alpha value is -1.54. The number of likely N-dealkylation sites (tertiary alicyclic amines) is 1. The number of alkyl halides is 4. The Bertz CT molecular complexity index is 358. The van der Waals surface area contributed by atoms with Crippen molar-refractivity contribution in [3.8, 4) is 0 Å². The van der Waals surface area contributed by atoms with Crippen molar-refractivity contribution in [2.45, 2.75) is 31.6 Å². The average molecular weight is 300 g/mol. The fraction of sp³-hybridized carbons (Fsp3) is 0.818. The molecule has 1 saturated heterocycles. The summed E-state index contributed by atoms with van der Waals surface area (Å²) in [6, 6.07) is -0.834. The van der Waals surface area contributed by atoms with Crippen LogP contribution in [0.2, 0.25) is 0 Å². The highest BCUT2D eigenvalue weighted by Gasteiger charge is 2.41. The van der Waals surface area contributed by atoms with Gasteiger partial charge in [-0.15, -0.1) is 0 Å². The largest absolute Gasteiger partial charge is 0.481 e. The number of halogens is 4. The number of piperidine rings is 1. The van der Waals surface area contributed by atoms with Crippen LogP contribution in [0.1, 0.15) is 19.3 Å². The zero-order valence-electron chi connectivity index (χ0n) is 10.6. The minimum absolute atomic E-state index is 0.00108. The Labute approximate surface area is 112 Å². The number of rotatable bonds is 5. The van der Waals surface area contributed by atoms with E-state index in [9.17, 15) is 27.2 Å². The summed E-state index contributed by atoms with van der Waals surface area (Å²) in [5.74, 6) is -5.24. The van der Waals surface area contributed by atoms with E-state index in [1.54, 1.807) is 5.32 Å². The number of carbonyl (C=O) groups excluding carboxylic acids is 1. The Kier molecular flexibility index (Phi) is 5.58. The molecule has 1 aliphatic rings. The van der Waals surface area contributed by atoms with Gasteiger partial charge in [-0.2, -0.15) is 8.78 Å². The molecule has 9 heteroatoms. The van der Waals surface area contributed by atoms with Gasteiger partial charge < -0.3 is 15.3 Å². The molecule has 0 aromatic carbocycles. The molecule has 1 rings (SSSR count). The second-order valence-corrected chi connectivity index (χ2v) is 4.75. The predicted molar refractivity (Wildman–Crippen MR) is 60.9 cm³/mol. The molecule has 1 aliphatic heterocycles. The van der Waals surface area contributed by atoms with Gasteiger partial charge in [-0.1, -0.05) is 0 Å². The number of hydrogen-bond acceptors (Lipinski definition) is 2. The molecule has 0 atom stereocenters. The normalized spacial score (nSPS) is 17.4. The van der Waals surface area contributed by atoms with Crippen LogP contribution in [0.15, 0.2) is 0 Å². The molecule has 0 unspecified atom stereocenters. The van der Waals surface area contributed by atoms with Gasteiger partial charge in [0.25, 0.3) is 0 Å². The standard InChI is InChI=1S/C11H16F4N2O3/c12-9(13)11(14,15)6-16-10(20)17-3-1-7(2-4-17)5-8(18)19/h7,9H,1-6H2,(H,16,20)(H,18,19). The topological polar surface area (TPSA) is 69.6 Å². The first-order valence-corrected chi connectivity index (χ1v) is 6.13. The SMILES string of the molecule is O=C(O)CC1CCN(C(=O)NCC(F)(F)C(F)F)CC1. The fourth-order valence-corrected chi connectivity index (χ4v) is 1.97. The van der Waals surface area contributed by atoms with Crippen LogP contribution >= 0.6 is 0 Å². The maximum absolute atomic E-state index is 12.6. The number of carboxylic acids is 1. The molecular weight excluding hydrogens is 284 g/mol. The van der Waals surface area contributed by atoms with Crippen molar-refractivity contribution in [1.82, 2.24) is 10.2 Å². The van der Waals surface area contributed by atoms with Crippen LogP contribution in [0.5, 0.6) is 0 Å². The Morgan fingerprint density at radius 3 is 2.30 bits per heavy atom. The number of aliphatic carboxylic acids is 1. The molecule has 116 valence electrons. The summed E-state index contributed by atoms with van der Waals surface area (Å²) in [4.78, 5) is 23.3. The molecule has 2 N–H and O–H groups in total. The quantitative estimate of drug-likeness (QED) is 0.760. The van der Waals surface area contributed by atoms with Gasteiger partial charge >= 0.3 is 24.3 Å². The summed E-state index contributed by atoms with van der Waals surface area (Å²) in [6.45, 7) is -0.966. The highest BCUT2D eigenvalue weighted by atomic mass is 19.3. The molecule has 0 aromatic heterocycles. The molecular formula is C11H16F4N2O3. The molecule has 1 fully saturated rings. The van der Waals surface area contributed by atoms with Crippen molar-refractivity contribution in [2.75, 3.05) is 19.6 Å². The smallest absolute Gasteiger partial charge is 0.324 e. The van der Waals surface area contributed by atoms with Gasteiger partial charge in [0.1, 0.15) is 0 Å². The van der Waals surface area contributed by atoms with Crippen LogP contribution in [-0.4, -0.2) is 54.0 Å². The van der Waals surface area contributed by atoms with Gasteiger partial charge in [0, 0.05) is 19.5 Å². The second kappa shape index (κ2) is 6.76. The molecule has 0 radical (unpaired) electrons. The maximum atomic E-state index is 12.6. The molecule has 5 nitrogen and oxygen atoms in total. The zero-order chi connectivity index (χ0) is 15.3. The van der Waals surface area contributed by atoms with E-state index in [0.29, 0.717) is 12.8 Å². The molecule has 0 aliphatic carbocycles. The number of carboxylic acid groups (broad SMARTS) is 1. The predicted octanol–water partition coefficient (Wildman–Crippen LogP) is 1.78. The van der Waals surface area contributed by atoms with E-state index in [0.717, 1.165) is 0 Å². The van der Waals surface area contributed by atoms with Crippen molar-refractivity contribution >= 4 is 12.0 Å². The first-order chi connectivity index (χ1) is 9.22. The van der Waals surface area contributed by atoms with E-state index >= 15 is 0 Å². The highest BCUT2D eigenvalue weighted by molar-refractivity contribution is 5.74. The van der Waals surface area contributed by atoms with E-state index in [-0.39, 0.29) is 25.4 Å². The van der Waals surface area contributed by atoms with Gasteiger partial charge in [-0.25, -0.2) is 13.6 Å². The monoisotopic (exact) mass is 300 g/mol. The third-order valence-corrected chi connectivity index (χ3v) is 3.16. The van der Waals surface area contributed by atoms with E-state index in [4.69, 9.17) is 5.11 Å². The summed E-state index contributed by atoms with van der Waals surface area (Å²) >= 11 is 0. The lowest BCUT2D eigenvalue weighted by Gasteiger charge is -2.31. The van der Waals surface area contributed by atoms with E-state index in [1.165, 1.54) is 4.90 Å². The van der Waals surface area contributed by atoms with Crippen LogP contribution in [-0.2, 0) is 4.79 Å². The number of hydrogen-bond donors (Lipinski definition) is 2. The summed E-state index contributed by atoms with van der Waals surface area (Å²) in [6.07, 6.45) is -2.93. The number of amides is 2. The van der Waals surface area contributed by atoms with Crippen LogP contribution < -0.4 is 5.32 Å². The van der Waals surface area contributed by atoms with Crippen molar-refractivity contribution in [2.24, 2.45) is 5.92 Å². The van der Waals surface area contributed by atoms with E-state index < -0.39 is 30.9 Å². The van der Waals surface area contributed by atoms with E-state index in [1.807, 2.05) is 0 Å². The highest BCUT2D eigenvalue weighted by Crippen LogP contribution is 2.23. The molecule has 0 bridgehead atoms. The number of urea groups is 1. The molecule has 0 aromatic rings. The van der Waals surface area contributed by atoms with Gasteiger partial charge in [-0.05, 0) is 18.8 Å². The lowest BCUT2D eigenvalue weighted by molar-refractivity contribution is -0.138. The van der Waals surface area contributed by atoms with Crippen molar-refractivity contribution in [1.29, 1.82) is 0 Å². The van der Waals surface area contributed by atoms with Crippen LogP contribution in [0.25, 0.3) is 0 Å². The van der Waals surface area contributed by atoms with Gasteiger partial charge in [0.2, 0.25) is 0 Å². The molecule has 0 saturated carbocycles. The zero-order valence-corrected chi connectivity index (χ0v) is 10.6. The van der Waals surface area contributed by atoms with Gasteiger partial charge in [0.15, 0.2) is 0 Å². The van der Waals surface area contributed by atoms with Crippen LogP contribution in [0, 0.1) is 5.92 Å². The number of carbonyl (C=O) groups is 2. The molecule has 1 heterocycles. The van der Waals surface area contributed by atoms with E-state index in [2.05, 4.69) is 0 Å². The van der Waals surface area contributed by atoms with Crippen LogP contribution in [0.4, 0.5) is 22.4 Å². The maximum Gasteiger partial charge on any atom is 0.324 e. The molecule has 20 heavy (non-hydrogen) atoms. The van der Waals surface area contributed by atoms with Gasteiger partial charge in [0.05, 0.1) is 6.54 Å². The fourth-order valence-electron chi connectivity index (χ4n) is 1.97. The summed E-state index contributed by atoms with van der Waals surface area (Å²) in [5.41, 5.74) is 0. The average Bonchev–Trinajstić information content (AvgIpc) is 2.36. The lowest BCUT2D eigenvalue weighted by atomic mass is 9.94. The third kappa shape index (κ3) is 4.86. The minimum Gasteiger partial charge on any atom is -0.481 e. The lowest BCUT2D eigenvalue weighted by Crippen LogP contribution is -2.49. The summed E-state index contributed by atoms with van der Waals surface area (Å²) < 4.78 is 49.1. The third-order valence-electron chi connectivity index (χ3n) is 3.16. The van der Waals surface area contributed by atoms with Gasteiger partial charge in [-0.3, -0.25) is 4.79 Å². The molecule has 0 spiro atoms. The minimum atomic E-state index is -4.25. The number of nitrogens with zero attached hydrogens (tertiary/aromatic N) is 1. The van der Waals surface area contributed by atoms with Crippen molar-refractivity contribution in [3.05, 3.63) is 0 Å². The Morgan fingerprint density at radius 1 is 1.30 bits per heavy atom. The Balaban J connectivity index is 2.34. The van der Waals surface area contributed by atoms with Crippen molar-refractivity contribution < 1.29 is 32.3 Å².